The van der Waals surface area contributed by atoms with Crippen LogP contribution in [0.4, 0.5) is 0 Å². The van der Waals surface area contributed by atoms with Crippen molar-refractivity contribution in [2.45, 2.75) is 0 Å². The first kappa shape index (κ1) is 6.28. The summed E-state index contributed by atoms with van der Waals surface area (Å²) in [6.07, 6.45) is 3.34. The van der Waals surface area contributed by atoms with Gasteiger partial charge in [0.05, 0.1) is 0 Å². The standard InChI is InChI=1S/C9H7O2/c1-7-2-3-9-8(6-7)4-5-10-11-9/h2-6H,1H2. The monoisotopic (exact) mass is 147 g/mol. The van der Waals surface area contributed by atoms with Crippen molar-refractivity contribution in [2.24, 2.45) is 0 Å². The molecule has 2 rings (SSSR count). The maximum absolute atomic E-state index is 4.86. The van der Waals surface area contributed by atoms with Crippen LogP contribution in [0.15, 0.2) is 24.5 Å². The van der Waals surface area contributed by atoms with Crippen LogP contribution in [-0.2, 0) is 4.89 Å². The summed E-state index contributed by atoms with van der Waals surface area (Å²) >= 11 is 0. The number of hydrogen-bond acceptors (Lipinski definition) is 2. The van der Waals surface area contributed by atoms with E-state index >= 15 is 0 Å². The predicted molar refractivity (Wildman–Crippen MR) is 41.6 cm³/mol. The van der Waals surface area contributed by atoms with Gasteiger partial charge < -0.3 is 0 Å². The number of fused-ring (bicyclic) bond motifs is 1. The summed E-state index contributed by atoms with van der Waals surface area (Å²) in [6, 6.07) is 5.65. The highest BCUT2D eigenvalue weighted by atomic mass is 17.2. The van der Waals surface area contributed by atoms with Crippen molar-refractivity contribution >= 4 is 6.08 Å². The SMILES string of the molecule is [CH2]c1ccc2c(c1)C=COO2. The Morgan fingerprint density at radius 1 is 1.27 bits per heavy atom. The minimum Gasteiger partial charge on any atom is -0.298 e. The van der Waals surface area contributed by atoms with Crippen molar-refractivity contribution in [3.05, 3.63) is 42.5 Å². The minimum absolute atomic E-state index is 0.736. The first-order valence-electron chi connectivity index (χ1n) is 3.32. The Kier molecular flexibility index (Phi) is 1.32. The van der Waals surface area contributed by atoms with E-state index in [2.05, 4.69) is 11.8 Å². The Hall–Kier alpha value is -1.44. The molecule has 1 aromatic rings. The van der Waals surface area contributed by atoms with Crippen LogP contribution in [0.3, 0.4) is 0 Å². The summed E-state index contributed by atoms with van der Waals surface area (Å²) in [4.78, 5) is 9.50. The first-order chi connectivity index (χ1) is 5.36. The molecule has 0 bridgehead atoms. The van der Waals surface area contributed by atoms with Crippen molar-refractivity contribution in [3.63, 3.8) is 0 Å². The first-order valence-corrected chi connectivity index (χ1v) is 3.32. The highest BCUT2D eigenvalue weighted by molar-refractivity contribution is 5.58. The lowest BCUT2D eigenvalue weighted by Gasteiger charge is -2.10. The second kappa shape index (κ2) is 2.31. The number of hydrogen-bond donors (Lipinski definition) is 0. The fraction of sp³-hybridized carbons (Fsp3) is 0. The maximum Gasteiger partial charge on any atom is 0.185 e. The van der Waals surface area contributed by atoms with Gasteiger partial charge in [-0.05, 0) is 30.7 Å². The lowest BCUT2D eigenvalue weighted by Crippen LogP contribution is -1.97. The van der Waals surface area contributed by atoms with E-state index in [1.165, 1.54) is 6.26 Å². The van der Waals surface area contributed by atoms with Gasteiger partial charge in [-0.2, -0.15) is 0 Å². The molecule has 0 aromatic heterocycles. The van der Waals surface area contributed by atoms with Crippen LogP contribution in [0.25, 0.3) is 6.08 Å². The van der Waals surface area contributed by atoms with Crippen LogP contribution in [0.1, 0.15) is 11.1 Å². The molecule has 1 radical (unpaired) electrons. The van der Waals surface area contributed by atoms with E-state index < -0.39 is 0 Å². The van der Waals surface area contributed by atoms with E-state index in [0.717, 1.165) is 16.9 Å². The van der Waals surface area contributed by atoms with Gasteiger partial charge in [0, 0.05) is 5.56 Å². The van der Waals surface area contributed by atoms with Crippen LogP contribution in [0.2, 0.25) is 0 Å². The van der Waals surface area contributed by atoms with E-state index in [1.54, 1.807) is 0 Å². The highest BCUT2D eigenvalue weighted by Crippen LogP contribution is 2.24. The molecular formula is C9H7O2. The van der Waals surface area contributed by atoms with Crippen molar-refractivity contribution < 1.29 is 9.78 Å². The molecule has 2 heteroatoms. The smallest absolute Gasteiger partial charge is 0.185 e. The van der Waals surface area contributed by atoms with Gasteiger partial charge in [-0.3, -0.25) is 9.78 Å². The second-order valence-corrected chi connectivity index (χ2v) is 2.35. The Labute approximate surface area is 65.0 Å². The van der Waals surface area contributed by atoms with E-state index in [0.29, 0.717) is 0 Å². The normalized spacial score (nSPS) is 13.2. The molecule has 0 saturated carbocycles. The fourth-order valence-electron chi connectivity index (χ4n) is 0.985. The van der Waals surface area contributed by atoms with E-state index in [9.17, 15) is 0 Å². The largest absolute Gasteiger partial charge is 0.298 e. The lowest BCUT2D eigenvalue weighted by atomic mass is 10.1. The van der Waals surface area contributed by atoms with Crippen molar-refractivity contribution in [3.8, 4) is 5.75 Å². The number of rotatable bonds is 0. The molecule has 1 heterocycles. The molecule has 0 spiro atoms. The van der Waals surface area contributed by atoms with Crippen LogP contribution >= 0.6 is 0 Å². The molecule has 0 amide bonds. The summed E-state index contributed by atoms with van der Waals surface area (Å²) < 4.78 is 0. The minimum atomic E-state index is 0.736. The predicted octanol–water partition coefficient (Wildman–Crippen LogP) is 2.16. The summed E-state index contributed by atoms with van der Waals surface area (Å²) in [6.45, 7) is 3.80. The Morgan fingerprint density at radius 3 is 3.09 bits per heavy atom. The van der Waals surface area contributed by atoms with Crippen molar-refractivity contribution in [1.29, 1.82) is 0 Å². The molecule has 0 aliphatic carbocycles. The molecule has 0 atom stereocenters. The zero-order chi connectivity index (χ0) is 7.68. The van der Waals surface area contributed by atoms with Crippen LogP contribution in [-0.4, -0.2) is 0 Å². The zero-order valence-corrected chi connectivity index (χ0v) is 5.91. The summed E-state index contributed by atoms with van der Waals surface area (Å²) in [5, 5.41) is 0. The van der Waals surface area contributed by atoms with Gasteiger partial charge in [-0.25, -0.2) is 0 Å². The van der Waals surface area contributed by atoms with Crippen LogP contribution < -0.4 is 4.89 Å². The van der Waals surface area contributed by atoms with E-state index in [1.807, 2.05) is 24.3 Å². The van der Waals surface area contributed by atoms with Crippen LogP contribution in [0, 0.1) is 6.92 Å². The molecule has 1 aliphatic rings. The Bertz CT molecular complexity index is 302. The van der Waals surface area contributed by atoms with Crippen molar-refractivity contribution in [2.75, 3.05) is 0 Å². The zero-order valence-electron chi connectivity index (χ0n) is 5.91. The Morgan fingerprint density at radius 2 is 2.18 bits per heavy atom. The quantitative estimate of drug-likeness (QED) is 0.523. The fourth-order valence-corrected chi connectivity index (χ4v) is 0.985. The van der Waals surface area contributed by atoms with Gasteiger partial charge >= 0.3 is 0 Å². The average Bonchev–Trinajstić information content (AvgIpc) is 2.04. The summed E-state index contributed by atoms with van der Waals surface area (Å²) in [7, 11) is 0. The van der Waals surface area contributed by atoms with Crippen LogP contribution in [0.5, 0.6) is 5.75 Å². The van der Waals surface area contributed by atoms with Gasteiger partial charge in [-0.15, -0.1) is 0 Å². The van der Waals surface area contributed by atoms with Gasteiger partial charge in [0.15, 0.2) is 5.75 Å². The third-order valence-corrected chi connectivity index (χ3v) is 1.52. The van der Waals surface area contributed by atoms with Crippen molar-refractivity contribution in [1.82, 2.24) is 0 Å². The highest BCUT2D eigenvalue weighted by Gasteiger charge is 2.05. The molecule has 0 N–H and O–H groups in total. The molecule has 0 saturated heterocycles. The molecule has 1 aromatic carbocycles. The van der Waals surface area contributed by atoms with Gasteiger partial charge in [0.25, 0.3) is 0 Å². The van der Waals surface area contributed by atoms with E-state index in [-0.39, 0.29) is 0 Å². The molecule has 11 heavy (non-hydrogen) atoms. The molecular weight excluding hydrogens is 140 g/mol. The summed E-state index contributed by atoms with van der Waals surface area (Å²) in [5.41, 5.74) is 1.97. The Balaban J connectivity index is 2.54. The third kappa shape index (κ3) is 1.07. The van der Waals surface area contributed by atoms with Gasteiger partial charge in [0.2, 0.25) is 0 Å². The third-order valence-electron chi connectivity index (χ3n) is 1.52. The topological polar surface area (TPSA) is 18.5 Å². The molecule has 2 nitrogen and oxygen atoms in total. The van der Waals surface area contributed by atoms with Gasteiger partial charge in [-0.1, -0.05) is 6.07 Å². The molecule has 0 unspecified atom stereocenters. The molecule has 1 aliphatic heterocycles. The van der Waals surface area contributed by atoms with Gasteiger partial charge in [0.1, 0.15) is 6.26 Å². The average molecular weight is 147 g/mol. The molecule has 55 valence electrons. The van der Waals surface area contributed by atoms with E-state index in [4.69, 9.17) is 4.89 Å². The summed E-state index contributed by atoms with van der Waals surface area (Å²) in [5.74, 6) is 0.736. The molecule has 0 fully saturated rings. The lowest BCUT2D eigenvalue weighted by molar-refractivity contribution is -0.151. The second-order valence-electron chi connectivity index (χ2n) is 2.35. The maximum atomic E-state index is 4.86. The number of benzene rings is 1.